The number of hydrogen-bond donors (Lipinski definition) is 2. The van der Waals surface area contributed by atoms with E-state index < -0.39 is 5.97 Å². The van der Waals surface area contributed by atoms with Gasteiger partial charge < -0.3 is 14.8 Å². The predicted octanol–water partition coefficient (Wildman–Crippen LogP) is 4.07. The van der Waals surface area contributed by atoms with Gasteiger partial charge in [-0.2, -0.15) is 0 Å². The third kappa shape index (κ3) is 2.15. The molecule has 0 unspecified atom stereocenters. The molecule has 0 atom stereocenters. The Balaban J connectivity index is 2.44. The van der Waals surface area contributed by atoms with Crippen molar-refractivity contribution in [3.8, 4) is 11.4 Å². The molecule has 110 valence electrons. The minimum atomic E-state index is -0.957. The zero-order valence-corrected chi connectivity index (χ0v) is 12.0. The van der Waals surface area contributed by atoms with E-state index in [1.54, 1.807) is 30.3 Å². The number of para-hydroxylation sites is 1. The van der Waals surface area contributed by atoms with Crippen LogP contribution in [-0.2, 0) is 0 Å². The summed E-state index contributed by atoms with van der Waals surface area (Å²) in [7, 11) is 0. The number of rotatable bonds is 3. The largest absolute Gasteiger partial charge is 0.508 e. The molecule has 0 aliphatic heterocycles. The number of carboxylic acid groups (broad SMARTS) is 1. The Bertz CT molecular complexity index is 873. The van der Waals surface area contributed by atoms with Gasteiger partial charge in [-0.25, -0.2) is 4.79 Å². The van der Waals surface area contributed by atoms with Crippen LogP contribution in [0.15, 0.2) is 54.6 Å². The minimum absolute atomic E-state index is 0.172. The number of hydrogen-bond acceptors (Lipinski definition) is 2. The fourth-order valence-electron chi connectivity index (χ4n) is 2.68. The van der Waals surface area contributed by atoms with Gasteiger partial charge in [-0.1, -0.05) is 24.3 Å². The molecule has 4 heteroatoms. The zero-order valence-electron chi connectivity index (χ0n) is 12.0. The molecule has 3 rings (SSSR count). The zero-order chi connectivity index (χ0) is 15.7. The van der Waals surface area contributed by atoms with E-state index in [0.717, 1.165) is 11.2 Å². The van der Waals surface area contributed by atoms with Gasteiger partial charge in [0.1, 0.15) is 5.75 Å². The average Bonchev–Trinajstić information content (AvgIpc) is 2.83. The van der Waals surface area contributed by atoms with E-state index in [2.05, 4.69) is 0 Å². The van der Waals surface area contributed by atoms with Crippen LogP contribution in [0.1, 0.15) is 23.0 Å². The third-order valence-electron chi connectivity index (χ3n) is 3.56. The predicted molar refractivity (Wildman–Crippen MR) is 86.6 cm³/mol. The molecule has 0 fully saturated rings. The van der Waals surface area contributed by atoms with Crippen molar-refractivity contribution in [1.29, 1.82) is 0 Å². The second-order valence-electron chi connectivity index (χ2n) is 4.93. The first kappa shape index (κ1) is 13.9. The maximum absolute atomic E-state index is 11.7. The standard InChI is InChI=1S/C18H15NO3/c1-2-5-16-17(18(21)22)14-6-3-4-7-15(14)19(16)12-8-10-13(20)11-9-12/h2-11,20H,1H3,(H,21,22)/b5-2+. The summed E-state index contributed by atoms with van der Waals surface area (Å²) in [6.45, 7) is 1.85. The van der Waals surface area contributed by atoms with Crippen molar-refractivity contribution in [3.05, 3.63) is 65.9 Å². The van der Waals surface area contributed by atoms with Crippen LogP contribution < -0.4 is 0 Å². The van der Waals surface area contributed by atoms with Gasteiger partial charge in [0.15, 0.2) is 0 Å². The van der Waals surface area contributed by atoms with Crippen molar-refractivity contribution < 1.29 is 15.0 Å². The topological polar surface area (TPSA) is 62.5 Å². The number of phenols is 1. The summed E-state index contributed by atoms with van der Waals surface area (Å²) < 4.78 is 1.89. The number of aromatic carboxylic acids is 1. The molecule has 0 aliphatic carbocycles. The molecule has 0 spiro atoms. The van der Waals surface area contributed by atoms with Gasteiger partial charge in [0.05, 0.1) is 16.8 Å². The summed E-state index contributed by atoms with van der Waals surface area (Å²) in [4.78, 5) is 11.7. The molecule has 3 aromatic rings. The van der Waals surface area contributed by atoms with Crippen LogP contribution >= 0.6 is 0 Å². The van der Waals surface area contributed by atoms with E-state index in [0.29, 0.717) is 11.1 Å². The molecule has 0 radical (unpaired) electrons. The highest BCUT2D eigenvalue weighted by atomic mass is 16.4. The lowest BCUT2D eigenvalue weighted by Crippen LogP contribution is -2.01. The van der Waals surface area contributed by atoms with Gasteiger partial charge in [0, 0.05) is 11.1 Å². The summed E-state index contributed by atoms with van der Waals surface area (Å²) in [5, 5.41) is 19.8. The molecule has 0 aliphatic rings. The van der Waals surface area contributed by atoms with Gasteiger partial charge in [-0.05, 0) is 43.3 Å². The molecule has 0 saturated heterocycles. The number of nitrogens with zero attached hydrogens (tertiary/aromatic N) is 1. The lowest BCUT2D eigenvalue weighted by Gasteiger charge is -2.09. The van der Waals surface area contributed by atoms with Crippen LogP contribution in [0.25, 0.3) is 22.7 Å². The van der Waals surface area contributed by atoms with Crippen LogP contribution in [0, 0.1) is 0 Å². The summed E-state index contributed by atoms with van der Waals surface area (Å²) >= 11 is 0. The van der Waals surface area contributed by atoms with Crippen LogP contribution in [0.5, 0.6) is 5.75 Å². The van der Waals surface area contributed by atoms with E-state index >= 15 is 0 Å². The number of aromatic nitrogens is 1. The SMILES string of the molecule is C/C=C/c1c(C(=O)O)c2ccccc2n1-c1ccc(O)cc1. The molecule has 4 nitrogen and oxygen atoms in total. The molecular weight excluding hydrogens is 278 g/mol. The van der Waals surface area contributed by atoms with Crippen molar-refractivity contribution in [2.45, 2.75) is 6.92 Å². The minimum Gasteiger partial charge on any atom is -0.508 e. The molecule has 2 N–H and O–H groups in total. The number of phenolic OH excluding ortho intramolecular Hbond substituents is 1. The number of carboxylic acids is 1. The van der Waals surface area contributed by atoms with E-state index in [-0.39, 0.29) is 11.3 Å². The van der Waals surface area contributed by atoms with Gasteiger partial charge in [-0.3, -0.25) is 0 Å². The number of fused-ring (bicyclic) bond motifs is 1. The summed E-state index contributed by atoms with van der Waals surface area (Å²) in [6.07, 6.45) is 3.61. The average molecular weight is 293 g/mol. The summed E-state index contributed by atoms with van der Waals surface area (Å²) in [5.41, 5.74) is 2.51. The van der Waals surface area contributed by atoms with Crippen molar-refractivity contribution in [3.63, 3.8) is 0 Å². The van der Waals surface area contributed by atoms with Crippen LogP contribution in [0.2, 0.25) is 0 Å². The Morgan fingerprint density at radius 1 is 1.09 bits per heavy atom. The highest BCUT2D eigenvalue weighted by Crippen LogP contribution is 2.31. The van der Waals surface area contributed by atoms with Gasteiger partial charge in [0.2, 0.25) is 0 Å². The first-order valence-corrected chi connectivity index (χ1v) is 6.92. The van der Waals surface area contributed by atoms with Crippen LogP contribution in [0.4, 0.5) is 0 Å². The second-order valence-corrected chi connectivity index (χ2v) is 4.93. The molecule has 0 amide bonds. The highest BCUT2D eigenvalue weighted by molar-refractivity contribution is 6.07. The Labute approximate surface area is 127 Å². The maximum atomic E-state index is 11.7. The first-order chi connectivity index (χ1) is 10.6. The molecule has 22 heavy (non-hydrogen) atoms. The second kappa shape index (κ2) is 5.41. The summed E-state index contributed by atoms with van der Waals surface area (Å²) in [5.74, 6) is -0.784. The van der Waals surface area contributed by atoms with E-state index in [4.69, 9.17) is 0 Å². The lowest BCUT2D eigenvalue weighted by atomic mass is 10.1. The Hall–Kier alpha value is -3.01. The fourth-order valence-corrected chi connectivity index (χ4v) is 2.68. The Morgan fingerprint density at radius 2 is 1.77 bits per heavy atom. The Morgan fingerprint density at radius 3 is 2.41 bits per heavy atom. The van der Waals surface area contributed by atoms with Crippen LogP contribution in [0.3, 0.4) is 0 Å². The lowest BCUT2D eigenvalue weighted by molar-refractivity contribution is 0.0698. The molecule has 1 heterocycles. The van der Waals surface area contributed by atoms with E-state index in [1.165, 1.54) is 0 Å². The normalized spacial score (nSPS) is 11.3. The Kier molecular flexibility index (Phi) is 3.43. The monoisotopic (exact) mass is 293 g/mol. The van der Waals surface area contributed by atoms with Crippen molar-refractivity contribution in [2.24, 2.45) is 0 Å². The molecule has 0 bridgehead atoms. The third-order valence-corrected chi connectivity index (χ3v) is 3.56. The number of allylic oxidation sites excluding steroid dienone is 1. The van der Waals surface area contributed by atoms with Gasteiger partial charge in [-0.15, -0.1) is 0 Å². The maximum Gasteiger partial charge on any atom is 0.338 e. The molecular formula is C18H15NO3. The van der Waals surface area contributed by atoms with Crippen molar-refractivity contribution in [2.75, 3.05) is 0 Å². The smallest absolute Gasteiger partial charge is 0.338 e. The van der Waals surface area contributed by atoms with Crippen molar-refractivity contribution in [1.82, 2.24) is 4.57 Å². The summed E-state index contributed by atoms with van der Waals surface area (Å²) in [6, 6.07) is 14.1. The molecule has 2 aromatic carbocycles. The number of carbonyl (C=O) groups is 1. The first-order valence-electron chi connectivity index (χ1n) is 6.92. The van der Waals surface area contributed by atoms with Crippen molar-refractivity contribution >= 4 is 22.9 Å². The van der Waals surface area contributed by atoms with Gasteiger partial charge >= 0.3 is 5.97 Å². The number of benzene rings is 2. The molecule has 1 aromatic heterocycles. The quantitative estimate of drug-likeness (QED) is 0.765. The fraction of sp³-hybridized carbons (Fsp3) is 0.0556. The van der Waals surface area contributed by atoms with Crippen LogP contribution in [-0.4, -0.2) is 20.7 Å². The van der Waals surface area contributed by atoms with E-state index in [1.807, 2.05) is 41.8 Å². The highest BCUT2D eigenvalue weighted by Gasteiger charge is 2.20. The molecule has 0 saturated carbocycles. The number of aromatic hydroxyl groups is 1. The van der Waals surface area contributed by atoms with Gasteiger partial charge in [0.25, 0.3) is 0 Å². The van der Waals surface area contributed by atoms with E-state index in [9.17, 15) is 15.0 Å².